The lowest BCUT2D eigenvalue weighted by atomic mass is 9.89. The molecule has 1 fully saturated rings. The molecular weight excluding hydrogens is 352 g/mol. The molecule has 0 saturated heterocycles. The van der Waals surface area contributed by atoms with Gasteiger partial charge in [0.1, 0.15) is 5.57 Å². The predicted molar refractivity (Wildman–Crippen MR) is 110 cm³/mol. The molecule has 2 aliphatic rings. The molecule has 0 bridgehead atoms. The Kier molecular flexibility index (Phi) is 5.26. The number of benzene rings is 1. The van der Waals surface area contributed by atoms with Crippen LogP contribution in [0.3, 0.4) is 0 Å². The number of ether oxygens (including phenoxy) is 2. The number of hydrogen-bond acceptors (Lipinski definition) is 4. The molecule has 4 heteroatoms. The Balaban J connectivity index is 2.11. The molecule has 0 radical (unpaired) electrons. The molecule has 1 aromatic carbocycles. The SMILES string of the molecule is C=CC(C)(C)CC(=O)OC1=C(c2c(C)cc(C)cc2C)C(=O)OC12CCCC2. The largest absolute Gasteiger partial charge is 0.447 e. The molecule has 4 nitrogen and oxygen atoms in total. The molecule has 1 saturated carbocycles. The number of rotatable bonds is 5. The number of esters is 2. The van der Waals surface area contributed by atoms with E-state index in [0.29, 0.717) is 24.2 Å². The fraction of sp³-hybridized carbons (Fsp3) is 0.500. The standard InChI is InChI=1S/C24H30O4/c1-7-23(5,6)14-18(25)27-21-20(19-16(3)12-15(2)13-17(19)4)22(26)28-24(21)10-8-9-11-24/h7,12-13H,1,8-11,14H2,2-6H3. The van der Waals surface area contributed by atoms with Gasteiger partial charge in [0.15, 0.2) is 11.4 Å². The molecule has 0 atom stereocenters. The molecule has 1 spiro atoms. The third-order valence-corrected chi connectivity index (χ3v) is 5.84. The van der Waals surface area contributed by atoms with Crippen molar-refractivity contribution in [3.63, 3.8) is 0 Å². The maximum absolute atomic E-state index is 13.0. The minimum absolute atomic E-state index is 0.198. The second kappa shape index (κ2) is 7.23. The van der Waals surface area contributed by atoms with Crippen LogP contribution in [0.1, 0.15) is 68.2 Å². The molecule has 1 heterocycles. The lowest BCUT2D eigenvalue weighted by Crippen LogP contribution is -2.31. The monoisotopic (exact) mass is 382 g/mol. The summed E-state index contributed by atoms with van der Waals surface area (Å²) in [5, 5.41) is 0. The second-order valence-corrected chi connectivity index (χ2v) is 8.91. The van der Waals surface area contributed by atoms with Crippen molar-refractivity contribution in [2.45, 2.75) is 72.3 Å². The molecule has 1 aliphatic heterocycles. The van der Waals surface area contributed by atoms with E-state index in [1.165, 1.54) is 0 Å². The van der Waals surface area contributed by atoms with Crippen LogP contribution in [-0.2, 0) is 19.1 Å². The topological polar surface area (TPSA) is 52.6 Å². The lowest BCUT2D eigenvalue weighted by molar-refractivity contribution is -0.153. The summed E-state index contributed by atoms with van der Waals surface area (Å²) in [6.07, 6.45) is 5.24. The van der Waals surface area contributed by atoms with Gasteiger partial charge in [0.25, 0.3) is 0 Å². The zero-order valence-corrected chi connectivity index (χ0v) is 17.6. The first-order valence-electron chi connectivity index (χ1n) is 9.99. The van der Waals surface area contributed by atoms with E-state index < -0.39 is 5.60 Å². The average Bonchev–Trinajstić information content (AvgIpc) is 3.14. The van der Waals surface area contributed by atoms with Crippen molar-refractivity contribution in [3.8, 4) is 0 Å². The summed E-state index contributed by atoms with van der Waals surface area (Å²) in [5.74, 6) is -0.331. The Morgan fingerprint density at radius 3 is 2.32 bits per heavy atom. The Hall–Kier alpha value is -2.36. The quantitative estimate of drug-likeness (QED) is 0.510. The van der Waals surface area contributed by atoms with Gasteiger partial charge in [-0.05, 0) is 68.6 Å². The van der Waals surface area contributed by atoms with Crippen LogP contribution in [0.15, 0.2) is 30.5 Å². The summed E-state index contributed by atoms with van der Waals surface area (Å²) in [4.78, 5) is 25.7. The van der Waals surface area contributed by atoms with E-state index in [1.54, 1.807) is 6.08 Å². The first kappa shape index (κ1) is 20.4. The second-order valence-electron chi connectivity index (χ2n) is 8.91. The van der Waals surface area contributed by atoms with Gasteiger partial charge in [0, 0.05) is 0 Å². The Bertz CT molecular complexity index is 844. The highest BCUT2D eigenvalue weighted by atomic mass is 16.6. The Morgan fingerprint density at radius 2 is 1.79 bits per heavy atom. The van der Waals surface area contributed by atoms with Crippen molar-refractivity contribution >= 4 is 17.5 Å². The number of aryl methyl sites for hydroxylation is 3. The molecule has 28 heavy (non-hydrogen) atoms. The van der Waals surface area contributed by atoms with Gasteiger partial charge in [-0.15, -0.1) is 6.58 Å². The van der Waals surface area contributed by atoms with E-state index in [2.05, 4.69) is 6.58 Å². The summed E-state index contributed by atoms with van der Waals surface area (Å²) >= 11 is 0. The lowest BCUT2D eigenvalue weighted by Gasteiger charge is -2.26. The summed E-state index contributed by atoms with van der Waals surface area (Å²) in [6.45, 7) is 13.7. The number of carbonyl (C=O) groups is 2. The molecule has 3 rings (SSSR count). The molecule has 1 aromatic rings. The molecule has 0 N–H and O–H groups in total. The minimum Gasteiger partial charge on any atom is -0.447 e. The van der Waals surface area contributed by atoms with E-state index >= 15 is 0 Å². The zero-order valence-electron chi connectivity index (χ0n) is 17.6. The summed E-state index contributed by atoms with van der Waals surface area (Å²) in [5.41, 5.74) is 3.17. The van der Waals surface area contributed by atoms with E-state index in [9.17, 15) is 9.59 Å². The average molecular weight is 383 g/mol. The fourth-order valence-corrected chi connectivity index (χ4v) is 4.40. The molecule has 150 valence electrons. The van der Waals surface area contributed by atoms with Crippen LogP contribution in [-0.4, -0.2) is 17.5 Å². The summed E-state index contributed by atoms with van der Waals surface area (Å²) in [7, 11) is 0. The van der Waals surface area contributed by atoms with E-state index in [1.807, 2.05) is 46.8 Å². The van der Waals surface area contributed by atoms with Gasteiger partial charge >= 0.3 is 11.9 Å². The van der Waals surface area contributed by atoms with Crippen LogP contribution >= 0.6 is 0 Å². The van der Waals surface area contributed by atoms with E-state index in [0.717, 1.165) is 35.1 Å². The summed E-state index contributed by atoms with van der Waals surface area (Å²) in [6, 6.07) is 4.09. The van der Waals surface area contributed by atoms with Crippen LogP contribution in [0.2, 0.25) is 0 Å². The van der Waals surface area contributed by atoms with Crippen molar-refractivity contribution in [1.82, 2.24) is 0 Å². The van der Waals surface area contributed by atoms with Gasteiger partial charge in [0.05, 0.1) is 6.42 Å². The van der Waals surface area contributed by atoms with E-state index in [4.69, 9.17) is 9.47 Å². The van der Waals surface area contributed by atoms with Crippen LogP contribution in [0.4, 0.5) is 0 Å². The van der Waals surface area contributed by atoms with Crippen molar-refractivity contribution in [1.29, 1.82) is 0 Å². The molecular formula is C24H30O4. The maximum Gasteiger partial charge on any atom is 0.343 e. The third kappa shape index (κ3) is 3.65. The smallest absolute Gasteiger partial charge is 0.343 e. The highest BCUT2D eigenvalue weighted by Crippen LogP contribution is 2.49. The number of hydrogen-bond donors (Lipinski definition) is 0. The molecule has 1 aliphatic carbocycles. The van der Waals surface area contributed by atoms with Gasteiger partial charge in [0.2, 0.25) is 0 Å². The number of carbonyl (C=O) groups excluding carboxylic acids is 2. The predicted octanol–water partition coefficient (Wildman–Crippen LogP) is 5.34. The van der Waals surface area contributed by atoms with Gasteiger partial charge in [-0.1, -0.05) is 37.6 Å². The summed E-state index contributed by atoms with van der Waals surface area (Å²) < 4.78 is 11.8. The van der Waals surface area contributed by atoms with Crippen molar-refractivity contribution in [2.24, 2.45) is 5.41 Å². The van der Waals surface area contributed by atoms with Gasteiger partial charge in [-0.2, -0.15) is 0 Å². The highest BCUT2D eigenvalue weighted by molar-refractivity contribution is 6.20. The van der Waals surface area contributed by atoms with Crippen LogP contribution in [0, 0.1) is 26.2 Å². The first-order valence-corrected chi connectivity index (χ1v) is 9.99. The normalized spacial score (nSPS) is 18.5. The van der Waals surface area contributed by atoms with Crippen molar-refractivity contribution in [3.05, 3.63) is 52.8 Å². The van der Waals surface area contributed by atoms with Crippen LogP contribution < -0.4 is 0 Å². The maximum atomic E-state index is 13.0. The van der Waals surface area contributed by atoms with Crippen molar-refractivity contribution < 1.29 is 19.1 Å². The first-order chi connectivity index (χ1) is 13.1. The molecule has 0 unspecified atom stereocenters. The van der Waals surface area contributed by atoms with Crippen molar-refractivity contribution in [2.75, 3.05) is 0 Å². The fourth-order valence-electron chi connectivity index (χ4n) is 4.40. The highest BCUT2D eigenvalue weighted by Gasteiger charge is 2.52. The number of allylic oxidation sites excluding steroid dienone is 1. The van der Waals surface area contributed by atoms with Gasteiger partial charge in [-0.25, -0.2) is 4.79 Å². The van der Waals surface area contributed by atoms with Gasteiger partial charge in [-0.3, -0.25) is 4.79 Å². The zero-order chi connectivity index (χ0) is 20.7. The minimum atomic E-state index is -0.801. The third-order valence-electron chi connectivity index (χ3n) is 5.84. The molecule has 0 amide bonds. The Labute approximate surface area is 167 Å². The van der Waals surface area contributed by atoms with Crippen LogP contribution in [0.25, 0.3) is 5.57 Å². The van der Waals surface area contributed by atoms with Crippen LogP contribution in [0.5, 0.6) is 0 Å². The van der Waals surface area contributed by atoms with E-state index in [-0.39, 0.29) is 23.8 Å². The molecule has 0 aromatic heterocycles. The van der Waals surface area contributed by atoms with Gasteiger partial charge < -0.3 is 9.47 Å². The Morgan fingerprint density at radius 1 is 1.21 bits per heavy atom.